The molecule has 1 aromatic carbocycles. The van der Waals surface area contributed by atoms with Crippen LogP contribution in [0.5, 0.6) is 0 Å². The molecule has 3 rings (SSSR count). The first kappa shape index (κ1) is 25.3. The molecular weight excluding hydrogens is 409 g/mol. The van der Waals surface area contributed by atoms with Gasteiger partial charge in [0.15, 0.2) is 0 Å². The zero-order valence-corrected chi connectivity index (χ0v) is 18.4. The molecule has 0 atom stereocenters. The van der Waals surface area contributed by atoms with E-state index in [1.807, 2.05) is 36.4 Å². The van der Waals surface area contributed by atoms with Crippen molar-refractivity contribution in [1.82, 2.24) is 15.1 Å². The van der Waals surface area contributed by atoms with Crippen molar-refractivity contribution in [2.24, 2.45) is 11.1 Å². The van der Waals surface area contributed by atoms with Crippen LogP contribution in [0.2, 0.25) is 0 Å². The second-order valence-corrected chi connectivity index (χ2v) is 7.70. The molecule has 162 valence electrons. The van der Waals surface area contributed by atoms with E-state index in [2.05, 4.69) is 10.4 Å². The summed E-state index contributed by atoms with van der Waals surface area (Å²) in [5, 5.41) is 7.63. The molecule has 1 amide bonds. The van der Waals surface area contributed by atoms with Crippen LogP contribution in [0.3, 0.4) is 0 Å². The smallest absolute Gasteiger partial charge is 0.220 e. The zero-order chi connectivity index (χ0) is 19.1. The fourth-order valence-corrected chi connectivity index (χ4v) is 4.00. The normalized spacial score (nSPS) is 15.1. The minimum atomic E-state index is 0. The number of nitrogens with zero attached hydrogens (tertiary/aromatic N) is 2. The number of carbonyl (C=O) groups excluding carboxylic acids is 1. The molecule has 1 aliphatic carbocycles. The molecule has 0 saturated heterocycles. The van der Waals surface area contributed by atoms with Crippen LogP contribution in [-0.2, 0) is 11.2 Å². The molecule has 2 aromatic rings. The van der Waals surface area contributed by atoms with Gasteiger partial charge in [0.25, 0.3) is 0 Å². The van der Waals surface area contributed by atoms with Crippen LogP contribution in [0, 0.1) is 5.41 Å². The lowest BCUT2D eigenvalue weighted by atomic mass is 9.71. The van der Waals surface area contributed by atoms with Gasteiger partial charge in [-0.05, 0) is 49.8 Å². The molecule has 8 heteroatoms. The van der Waals surface area contributed by atoms with Crippen molar-refractivity contribution < 1.29 is 4.79 Å². The summed E-state index contributed by atoms with van der Waals surface area (Å²) in [6, 6.07) is 11.8. The molecule has 0 unspecified atom stereocenters. The maximum atomic E-state index is 12.3. The van der Waals surface area contributed by atoms with E-state index in [4.69, 9.17) is 11.5 Å². The molecule has 6 nitrogen and oxygen atoms in total. The van der Waals surface area contributed by atoms with E-state index in [1.165, 1.54) is 19.3 Å². The topological polar surface area (TPSA) is 99.0 Å². The summed E-state index contributed by atoms with van der Waals surface area (Å²) >= 11 is 0. The number of carbonyl (C=O) groups is 1. The number of rotatable bonds is 8. The first-order chi connectivity index (χ1) is 13.1. The largest absolute Gasteiger partial charge is 0.384 e. The van der Waals surface area contributed by atoms with Crippen LogP contribution in [0.1, 0.15) is 50.6 Å². The third-order valence-corrected chi connectivity index (χ3v) is 5.60. The van der Waals surface area contributed by atoms with Gasteiger partial charge in [0.1, 0.15) is 5.82 Å². The Morgan fingerprint density at radius 1 is 1.14 bits per heavy atom. The predicted molar refractivity (Wildman–Crippen MR) is 123 cm³/mol. The zero-order valence-electron chi connectivity index (χ0n) is 16.8. The first-order valence-electron chi connectivity index (χ1n) is 9.98. The molecule has 0 bridgehead atoms. The number of aryl methyl sites for hydroxylation is 1. The van der Waals surface area contributed by atoms with E-state index in [-0.39, 0.29) is 36.1 Å². The number of aromatic nitrogens is 2. The van der Waals surface area contributed by atoms with Gasteiger partial charge in [-0.1, -0.05) is 37.5 Å². The van der Waals surface area contributed by atoms with Gasteiger partial charge in [0.05, 0.1) is 11.4 Å². The number of amides is 1. The summed E-state index contributed by atoms with van der Waals surface area (Å²) in [5.41, 5.74) is 14.0. The summed E-state index contributed by atoms with van der Waals surface area (Å²) < 4.78 is 1.75. The Kier molecular flexibility index (Phi) is 10.5. The number of nitrogen functional groups attached to an aromatic ring is 1. The lowest BCUT2D eigenvalue weighted by Gasteiger charge is -2.35. The molecule has 1 heterocycles. The SMILES string of the molecule is Cl.Cl.NCC1(CC(=O)NCCCc2cc(N)n(-c3ccccc3)n2)CCCCC1. The Balaban J connectivity index is 0.00000210. The van der Waals surface area contributed by atoms with Crippen molar-refractivity contribution in [2.45, 2.75) is 51.4 Å². The monoisotopic (exact) mass is 441 g/mol. The second-order valence-electron chi connectivity index (χ2n) is 7.70. The number of nitrogens with one attached hydrogen (secondary N) is 1. The van der Waals surface area contributed by atoms with Gasteiger partial charge in [-0.15, -0.1) is 24.8 Å². The third-order valence-electron chi connectivity index (χ3n) is 5.60. The van der Waals surface area contributed by atoms with Crippen LogP contribution in [0.15, 0.2) is 36.4 Å². The molecule has 0 spiro atoms. The van der Waals surface area contributed by atoms with Gasteiger partial charge in [-0.3, -0.25) is 4.79 Å². The number of hydrogen-bond acceptors (Lipinski definition) is 4. The molecule has 5 N–H and O–H groups in total. The number of benzene rings is 1. The van der Waals surface area contributed by atoms with Crippen LogP contribution in [0.25, 0.3) is 5.69 Å². The Morgan fingerprint density at radius 2 is 1.83 bits per heavy atom. The standard InChI is InChI=1S/C21H31N5O.2ClH/c22-16-21(11-5-2-6-12-21)15-20(27)24-13-7-8-17-14-19(23)26(25-17)18-9-3-1-4-10-18;;/h1,3-4,9-10,14H,2,5-8,11-13,15-16,22-23H2,(H,24,27);2*1H. The maximum Gasteiger partial charge on any atom is 0.220 e. The lowest BCUT2D eigenvalue weighted by Crippen LogP contribution is -2.38. The lowest BCUT2D eigenvalue weighted by molar-refractivity contribution is -0.123. The molecule has 1 saturated carbocycles. The second kappa shape index (κ2) is 12.1. The first-order valence-corrected chi connectivity index (χ1v) is 9.98. The highest BCUT2D eigenvalue weighted by molar-refractivity contribution is 5.85. The van der Waals surface area contributed by atoms with Crippen LogP contribution >= 0.6 is 24.8 Å². The van der Waals surface area contributed by atoms with E-state index < -0.39 is 0 Å². The molecule has 1 fully saturated rings. The average Bonchev–Trinajstić information content (AvgIpc) is 3.07. The minimum Gasteiger partial charge on any atom is -0.384 e. The van der Waals surface area contributed by atoms with Gasteiger partial charge in [-0.2, -0.15) is 5.10 Å². The highest BCUT2D eigenvalue weighted by atomic mass is 35.5. The van der Waals surface area contributed by atoms with Crippen molar-refractivity contribution in [3.63, 3.8) is 0 Å². The van der Waals surface area contributed by atoms with Crippen LogP contribution in [-0.4, -0.2) is 28.8 Å². The summed E-state index contributed by atoms with van der Waals surface area (Å²) in [5.74, 6) is 0.749. The molecule has 0 radical (unpaired) electrons. The summed E-state index contributed by atoms with van der Waals surface area (Å²) in [4.78, 5) is 12.3. The van der Waals surface area contributed by atoms with Crippen molar-refractivity contribution in [1.29, 1.82) is 0 Å². The van der Waals surface area contributed by atoms with Gasteiger partial charge < -0.3 is 16.8 Å². The fraction of sp³-hybridized carbons (Fsp3) is 0.524. The number of para-hydroxylation sites is 1. The number of hydrogen-bond donors (Lipinski definition) is 3. The summed E-state index contributed by atoms with van der Waals surface area (Å²) in [6.07, 6.45) is 7.98. The van der Waals surface area contributed by atoms with E-state index in [0.717, 1.165) is 37.1 Å². The van der Waals surface area contributed by atoms with Gasteiger partial charge in [0.2, 0.25) is 5.91 Å². The Morgan fingerprint density at radius 3 is 2.48 bits per heavy atom. The summed E-state index contributed by atoms with van der Waals surface area (Å²) in [7, 11) is 0. The Labute approximate surface area is 185 Å². The van der Waals surface area contributed by atoms with E-state index >= 15 is 0 Å². The van der Waals surface area contributed by atoms with E-state index in [0.29, 0.717) is 25.3 Å². The number of halogens is 2. The third kappa shape index (κ3) is 6.91. The molecule has 1 aromatic heterocycles. The highest BCUT2D eigenvalue weighted by Gasteiger charge is 2.32. The fourth-order valence-electron chi connectivity index (χ4n) is 4.00. The van der Waals surface area contributed by atoms with Crippen LogP contribution in [0.4, 0.5) is 5.82 Å². The van der Waals surface area contributed by atoms with Crippen molar-refractivity contribution in [3.8, 4) is 5.69 Å². The minimum absolute atomic E-state index is 0. The average molecular weight is 442 g/mol. The van der Waals surface area contributed by atoms with Crippen molar-refractivity contribution in [2.75, 3.05) is 18.8 Å². The van der Waals surface area contributed by atoms with E-state index in [1.54, 1.807) is 4.68 Å². The van der Waals surface area contributed by atoms with Crippen LogP contribution < -0.4 is 16.8 Å². The molecule has 1 aliphatic rings. The Hall–Kier alpha value is -1.76. The van der Waals surface area contributed by atoms with Crippen molar-refractivity contribution >= 4 is 36.5 Å². The highest BCUT2D eigenvalue weighted by Crippen LogP contribution is 2.38. The Bertz CT molecular complexity index is 745. The van der Waals surface area contributed by atoms with Gasteiger partial charge in [0, 0.05) is 19.0 Å². The van der Waals surface area contributed by atoms with Crippen molar-refractivity contribution in [3.05, 3.63) is 42.1 Å². The molecular formula is C21H33Cl2N5O. The predicted octanol–water partition coefficient (Wildman–Crippen LogP) is 3.65. The van der Waals surface area contributed by atoms with E-state index in [9.17, 15) is 4.79 Å². The summed E-state index contributed by atoms with van der Waals surface area (Å²) in [6.45, 7) is 1.26. The number of nitrogens with two attached hydrogens (primary N) is 2. The quantitative estimate of drug-likeness (QED) is 0.544. The molecule has 29 heavy (non-hydrogen) atoms. The number of anilines is 1. The maximum absolute atomic E-state index is 12.3. The molecule has 0 aliphatic heterocycles. The van der Waals surface area contributed by atoms with Gasteiger partial charge >= 0.3 is 0 Å². The van der Waals surface area contributed by atoms with Gasteiger partial charge in [-0.25, -0.2) is 4.68 Å².